The largest absolute Gasteiger partial charge is 0.392 e. The number of amides is 2. The molecule has 2 unspecified atom stereocenters. The summed E-state index contributed by atoms with van der Waals surface area (Å²) in [6, 6.07) is 0. The molecule has 98 valence electrons. The lowest BCUT2D eigenvalue weighted by molar-refractivity contribution is -0.135. The topological polar surface area (TPSA) is 69.6 Å². The number of aliphatic hydroxyl groups excluding tert-OH is 1. The lowest BCUT2D eigenvalue weighted by Crippen LogP contribution is -2.46. The van der Waals surface area contributed by atoms with Crippen molar-refractivity contribution in [1.29, 1.82) is 0 Å². The molecule has 0 saturated carbocycles. The number of piperidine rings is 1. The van der Waals surface area contributed by atoms with Crippen LogP contribution in [0.3, 0.4) is 0 Å². The SMILES string of the molecule is CCC(=O)N1CCCC(C(=O)NCC(C)O)C1. The van der Waals surface area contributed by atoms with Crippen molar-refractivity contribution in [2.45, 2.75) is 39.2 Å². The Balaban J connectivity index is 2.43. The van der Waals surface area contributed by atoms with Gasteiger partial charge in [-0.2, -0.15) is 0 Å². The molecule has 1 aliphatic heterocycles. The zero-order valence-electron chi connectivity index (χ0n) is 10.6. The molecule has 0 aromatic carbocycles. The van der Waals surface area contributed by atoms with Crippen molar-refractivity contribution in [3.05, 3.63) is 0 Å². The van der Waals surface area contributed by atoms with E-state index in [0.717, 1.165) is 19.4 Å². The molecule has 5 heteroatoms. The van der Waals surface area contributed by atoms with E-state index < -0.39 is 6.10 Å². The molecule has 0 spiro atoms. The molecule has 1 fully saturated rings. The number of hydrogen-bond acceptors (Lipinski definition) is 3. The summed E-state index contributed by atoms with van der Waals surface area (Å²) in [6.07, 6.45) is 1.65. The number of rotatable bonds is 4. The monoisotopic (exact) mass is 242 g/mol. The maximum absolute atomic E-state index is 11.8. The van der Waals surface area contributed by atoms with Crippen molar-refractivity contribution in [2.75, 3.05) is 19.6 Å². The zero-order chi connectivity index (χ0) is 12.8. The molecular formula is C12H22N2O3. The second kappa shape index (κ2) is 6.59. The molecule has 1 heterocycles. The Morgan fingerprint density at radius 3 is 2.82 bits per heavy atom. The van der Waals surface area contributed by atoms with Gasteiger partial charge in [0, 0.05) is 26.1 Å². The van der Waals surface area contributed by atoms with Crippen LogP contribution >= 0.6 is 0 Å². The summed E-state index contributed by atoms with van der Waals surface area (Å²) in [5.74, 6) is -0.0736. The summed E-state index contributed by atoms with van der Waals surface area (Å²) >= 11 is 0. The van der Waals surface area contributed by atoms with E-state index in [-0.39, 0.29) is 24.3 Å². The Bertz CT molecular complexity index is 279. The molecule has 0 aromatic heterocycles. The van der Waals surface area contributed by atoms with Gasteiger partial charge in [-0.05, 0) is 19.8 Å². The Kier molecular flexibility index (Phi) is 5.41. The fraction of sp³-hybridized carbons (Fsp3) is 0.833. The second-order valence-corrected chi connectivity index (χ2v) is 4.63. The number of carbonyl (C=O) groups excluding carboxylic acids is 2. The lowest BCUT2D eigenvalue weighted by Gasteiger charge is -2.32. The molecule has 1 saturated heterocycles. The van der Waals surface area contributed by atoms with Crippen molar-refractivity contribution >= 4 is 11.8 Å². The van der Waals surface area contributed by atoms with Crippen LogP contribution in [-0.4, -0.2) is 47.6 Å². The van der Waals surface area contributed by atoms with Crippen LogP contribution in [0.4, 0.5) is 0 Å². The summed E-state index contributed by atoms with van der Waals surface area (Å²) in [4.78, 5) is 25.1. The maximum atomic E-state index is 11.8. The van der Waals surface area contributed by atoms with Crippen molar-refractivity contribution in [1.82, 2.24) is 10.2 Å². The number of carbonyl (C=O) groups is 2. The molecule has 0 bridgehead atoms. The van der Waals surface area contributed by atoms with Crippen LogP contribution in [0.5, 0.6) is 0 Å². The molecule has 1 rings (SSSR count). The van der Waals surface area contributed by atoms with Gasteiger partial charge >= 0.3 is 0 Å². The summed E-state index contributed by atoms with van der Waals surface area (Å²) in [5, 5.41) is 11.8. The lowest BCUT2D eigenvalue weighted by atomic mass is 9.97. The smallest absolute Gasteiger partial charge is 0.224 e. The fourth-order valence-electron chi connectivity index (χ4n) is 2.03. The van der Waals surface area contributed by atoms with Crippen LogP contribution in [0.25, 0.3) is 0 Å². The van der Waals surface area contributed by atoms with Gasteiger partial charge < -0.3 is 15.3 Å². The minimum absolute atomic E-state index is 0.0560. The molecular weight excluding hydrogens is 220 g/mol. The van der Waals surface area contributed by atoms with E-state index in [0.29, 0.717) is 13.0 Å². The zero-order valence-corrected chi connectivity index (χ0v) is 10.6. The highest BCUT2D eigenvalue weighted by Gasteiger charge is 2.27. The summed E-state index contributed by atoms with van der Waals surface area (Å²) in [7, 11) is 0. The van der Waals surface area contributed by atoms with Crippen molar-refractivity contribution < 1.29 is 14.7 Å². The fourth-order valence-corrected chi connectivity index (χ4v) is 2.03. The first kappa shape index (κ1) is 14.0. The standard InChI is InChI=1S/C12H22N2O3/c1-3-11(16)14-6-4-5-10(8-14)12(17)13-7-9(2)15/h9-10,15H,3-8H2,1-2H3,(H,13,17). The minimum atomic E-state index is -0.532. The predicted octanol–water partition coefficient (Wildman–Crippen LogP) is 0.132. The van der Waals surface area contributed by atoms with Gasteiger partial charge in [0.05, 0.1) is 12.0 Å². The van der Waals surface area contributed by atoms with E-state index in [4.69, 9.17) is 5.11 Å². The molecule has 5 nitrogen and oxygen atoms in total. The van der Waals surface area contributed by atoms with Crippen LogP contribution in [0.2, 0.25) is 0 Å². The van der Waals surface area contributed by atoms with Crippen LogP contribution in [0.1, 0.15) is 33.1 Å². The van der Waals surface area contributed by atoms with Gasteiger partial charge in [-0.1, -0.05) is 6.92 Å². The van der Waals surface area contributed by atoms with Crippen LogP contribution in [0, 0.1) is 5.92 Å². The number of nitrogens with one attached hydrogen (secondary N) is 1. The van der Waals surface area contributed by atoms with E-state index in [2.05, 4.69) is 5.32 Å². The number of aliphatic hydroxyl groups is 1. The third kappa shape index (κ3) is 4.34. The van der Waals surface area contributed by atoms with Crippen LogP contribution < -0.4 is 5.32 Å². The number of hydrogen-bond donors (Lipinski definition) is 2. The van der Waals surface area contributed by atoms with E-state index in [1.165, 1.54) is 0 Å². The molecule has 0 aromatic rings. The highest BCUT2D eigenvalue weighted by atomic mass is 16.3. The van der Waals surface area contributed by atoms with Gasteiger partial charge in [-0.25, -0.2) is 0 Å². The highest BCUT2D eigenvalue weighted by Crippen LogP contribution is 2.17. The quantitative estimate of drug-likeness (QED) is 0.736. The Morgan fingerprint density at radius 1 is 1.53 bits per heavy atom. The van der Waals surface area contributed by atoms with Crippen molar-refractivity contribution in [3.63, 3.8) is 0 Å². The second-order valence-electron chi connectivity index (χ2n) is 4.63. The average Bonchev–Trinajstić information content (AvgIpc) is 2.35. The Hall–Kier alpha value is -1.10. The van der Waals surface area contributed by atoms with E-state index in [1.807, 2.05) is 6.92 Å². The number of likely N-dealkylation sites (tertiary alicyclic amines) is 1. The summed E-state index contributed by atoms with van der Waals surface area (Å²) in [5.41, 5.74) is 0. The molecule has 2 N–H and O–H groups in total. The van der Waals surface area contributed by atoms with Gasteiger partial charge in [0.1, 0.15) is 0 Å². The molecule has 0 radical (unpaired) electrons. The van der Waals surface area contributed by atoms with E-state index in [9.17, 15) is 9.59 Å². The third-order valence-corrected chi connectivity index (χ3v) is 3.02. The molecule has 2 atom stereocenters. The summed E-state index contributed by atoms with van der Waals surface area (Å²) < 4.78 is 0. The van der Waals surface area contributed by atoms with Crippen LogP contribution in [0.15, 0.2) is 0 Å². The summed E-state index contributed by atoms with van der Waals surface area (Å²) in [6.45, 7) is 5.01. The van der Waals surface area contributed by atoms with Gasteiger partial charge in [-0.15, -0.1) is 0 Å². The van der Waals surface area contributed by atoms with Gasteiger partial charge in [-0.3, -0.25) is 9.59 Å². The van der Waals surface area contributed by atoms with Gasteiger partial charge in [0.25, 0.3) is 0 Å². The van der Waals surface area contributed by atoms with Crippen LogP contribution in [-0.2, 0) is 9.59 Å². The molecule has 17 heavy (non-hydrogen) atoms. The first-order valence-electron chi connectivity index (χ1n) is 6.28. The first-order chi connectivity index (χ1) is 8.04. The van der Waals surface area contributed by atoms with Crippen molar-refractivity contribution in [2.24, 2.45) is 5.92 Å². The average molecular weight is 242 g/mol. The number of nitrogens with zero attached hydrogens (tertiary/aromatic N) is 1. The molecule has 0 aliphatic carbocycles. The Labute approximate surface area is 102 Å². The predicted molar refractivity (Wildman–Crippen MR) is 64.3 cm³/mol. The normalized spacial score (nSPS) is 22.1. The minimum Gasteiger partial charge on any atom is -0.392 e. The molecule has 2 amide bonds. The Morgan fingerprint density at radius 2 is 2.24 bits per heavy atom. The first-order valence-corrected chi connectivity index (χ1v) is 6.28. The van der Waals surface area contributed by atoms with E-state index in [1.54, 1.807) is 11.8 Å². The maximum Gasteiger partial charge on any atom is 0.224 e. The van der Waals surface area contributed by atoms with E-state index >= 15 is 0 Å². The third-order valence-electron chi connectivity index (χ3n) is 3.02. The molecule has 1 aliphatic rings. The highest BCUT2D eigenvalue weighted by molar-refractivity contribution is 5.81. The van der Waals surface area contributed by atoms with Gasteiger partial charge in [0.15, 0.2) is 0 Å². The van der Waals surface area contributed by atoms with Crippen molar-refractivity contribution in [3.8, 4) is 0 Å². The van der Waals surface area contributed by atoms with Gasteiger partial charge in [0.2, 0.25) is 11.8 Å².